The molecule has 15 heteroatoms. The normalized spacial score (nSPS) is 13.2. The van der Waals surface area contributed by atoms with Crippen LogP contribution in [0, 0.1) is 13.8 Å². The Morgan fingerprint density at radius 2 is 1.48 bits per heavy atom. The van der Waals surface area contributed by atoms with E-state index in [-0.39, 0.29) is 11.5 Å². The number of tetrazole rings is 2. The molecule has 0 atom stereocenters. The number of allylic oxidation sites excluding steroid dienone is 4. The number of hydrogen-bond acceptors (Lipinski definition) is 12. The number of phenolic OH excluding ortho intramolecular Hbond substituents is 2. The Hall–Kier alpha value is -5.83. The van der Waals surface area contributed by atoms with E-state index in [1.54, 1.807) is 50.3 Å². The molecular weight excluding hydrogens is 542 g/mol. The van der Waals surface area contributed by atoms with E-state index >= 15 is 0 Å². The zero-order valence-electron chi connectivity index (χ0n) is 22.5. The van der Waals surface area contributed by atoms with Crippen molar-refractivity contribution in [3.05, 3.63) is 99.8 Å². The molecule has 1 aliphatic rings. The summed E-state index contributed by atoms with van der Waals surface area (Å²) < 4.78 is 0. The number of hydrogen-bond donors (Lipinski definition) is 4. The number of nitrogens with one attached hydrogen (secondary N) is 1. The van der Waals surface area contributed by atoms with Crippen molar-refractivity contribution in [2.75, 3.05) is 6.61 Å². The van der Waals surface area contributed by atoms with E-state index in [9.17, 15) is 20.1 Å². The molecule has 2 heterocycles. The minimum atomic E-state index is -0.678. The van der Waals surface area contributed by atoms with Crippen molar-refractivity contribution in [3.63, 3.8) is 0 Å². The van der Waals surface area contributed by atoms with Crippen LogP contribution in [0.3, 0.4) is 0 Å². The summed E-state index contributed by atoms with van der Waals surface area (Å²) >= 11 is 0. The molecule has 1 amide bonds. The van der Waals surface area contributed by atoms with Crippen molar-refractivity contribution in [1.82, 2.24) is 45.9 Å². The third-order valence-corrected chi connectivity index (χ3v) is 6.13. The number of aliphatic hydroxyl groups is 1. The fourth-order valence-electron chi connectivity index (χ4n) is 4.13. The average molecular weight is 568 g/mol. The smallest absolute Gasteiger partial charge is 0.250 e. The van der Waals surface area contributed by atoms with Gasteiger partial charge in [-0.15, -0.1) is 19.8 Å². The first kappa shape index (κ1) is 27.7. The maximum atomic E-state index is 11.9. The predicted molar refractivity (Wildman–Crippen MR) is 150 cm³/mol. The summed E-state index contributed by atoms with van der Waals surface area (Å²) in [6.45, 7) is 2.74. The standard InChI is InChI=1S/C27H25N11O4/c1-16-31-33-35-37(16)28-13-18-6-8-24(40)22(10-18)27(20-4-3-5-21(12-20)30-26(42)15-39)23-11-19(7-9-25(23)41)14-29-38-17(2)32-34-36-38/h3,5-14,39-41H,4,15H2,1-2H3,(H,30,42)/b28-13+,29-14+. The molecule has 212 valence electrons. The quantitative estimate of drug-likeness (QED) is 0.224. The summed E-state index contributed by atoms with van der Waals surface area (Å²) in [7, 11) is 0. The van der Waals surface area contributed by atoms with E-state index in [1.165, 1.54) is 34.1 Å². The largest absolute Gasteiger partial charge is 0.507 e. The highest BCUT2D eigenvalue weighted by molar-refractivity contribution is 5.93. The van der Waals surface area contributed by atoms with Gasteiger partial charge in [0.05, 0.1) is 12.4 Å². The molecule has 15 nitrogen and oxygen atoms in total. The Kier molecular flexibility index (Phi) is 8.01. The van der Waals surface area contributed by atoms with Gasteiger partial charge in [0.1, 0.15) is 18.1 Å². The Bertz CT molecular complexity index is 1700. The first-order chi connectivity index (χ1) is 20.3. The highest BCUT2D eigenvalue weighted by atomic mass is 16.3. The van der Waals surface area contributed by atoms with E-state index in [2.05, 4.69) is 46.6 Å². The number of carbonyl (C=O) groups excluding carboxylic acids is 1. The number of aliphatic hydroxyl groups excluding tert-OH is 1. The van der Waals surface area contributed by atoms with Gasteiger partial charge < -0.3 is 20.6 Å². The van der Waals surface area contributed by atoms with Crippen molar-refractivity contribution < 1.29 is 20.1 Å². The van der Waals surface area contributed by atoms with Crippen molar-refractivity contribution in [2.45, 2.75) is 20.3 Å². The molecule has 2 aromatic carbocycles. The van der Waals surface area contributed by atoms with Crippen LogP contribution in [-0.4, -0.2) is 80.9 Å². The summed E-state index contributed by atoms with van der Waals surface area (Å²) in [5, 5.41) is 64.9. The minimum Gasteiger partial charge on any atom is -0.507 e. The van der Waals surface area contributed by atoms with Gasteiger partial charge in [-0.2, -0.15) is 10.2 Å². The van der Waals surface area contributed by atoms with Crippen LogP contribution >= 0.6 is 0 Å². The third kappa shape index (κ3) is 6.15. The number of benzene rings is 2. The van der Waals surface area contributed by atoms with Gasteiger partial charge in [0, 0.05) is 16.8 Å². The van der Waals surface area contributed by atoms with Gasteiger partial charge >= 0.3 is 0 Å². The molecule has 0 spiro atoms. The van der Waals surface area contributed by atoms with Gasteiger partial charge in [-0.1, -0.05) is 6.08 Å². The maximum Gasteiger partial charge on any atom is 0.250 e. The molecule has 0 bridgehead atoms. The number of nitrogens with zero attached hydrogens (tertiary/aromatic N) is 10. The van der Waals surface area contributed by atoms with Crippen LogP contribution in [0.25, 0.3) is 5.57 Å². The van der Waals surface area contributed by atoms with Crippen molar-refractivity contribution in [1.29, 1.82) is 0 Å². The second-order valence-electron chi connectivity index (χ2n) is 9.09. The monoisotopic (exact) mass is 567 g/mol. The number of amides is 1. The molecule has 1 aliphatic carbocycles. The van der Waals surface area contributed by atoms with E-state index in [4.69, 9.17) is 0 Å². The first-order valence-electron chi connectivity index (χ1n) is 12.6. The number of aromatic nitrogens is 8. The molecule has 0 unspecified atom stereocenters. The molecule has 0 radical (unpaired) electrons. The zero-order chi connectivity index (χ0) is 29.6. The number of carbonyl (C=O) groups is 1. The van der Waals surface area contributed by atoms with Gasteiger partial charge in [-0.25, -0.2) is 0 Å². The molecule has 4 aromatic rings. The number of aromatic hydroxyl groups is 2. The lowest BCUT2D eigenvalue weighted by molar-refractivity contribution is -0.123. The summed E-state index contributed by atoms with van der Waals surface area (Å²) in [5.74, 6) is 0.293. The Morgan fingerprint density at radius 3 is 1.95 bits per heavy atom. The van der Waals surface area contributed by atoms with Crippen molar-refractivity contribution in [3.8, 4) is 11.5 Å². The lowest BCUT2D eigenvalue weighted by Gasteiger charge is -2.19. The van der Waals surface area contributed by atoms with Gasteiger partial charge in [0.15, 0.2) is 11.6 Å². The van der Waals surface area contributed by atoms with E-state index < -0.39 is 12.5 Å². The molecule has 2 aromatic heterocycles. The van der Waals surface area contributed by atoms with E-state index in [1.807, 2.05) is 6.08 Å². The van der Waals surface area contributed by atoms with Crippen molar-refractivity contribution >= 4 is 23.9 Å². The second-order valence-corrected chi connectivity index (χ2v) is 9.09. The number of rotatable bonds is 8. The number of phenols is 2. The number of aryl methyl sites for hydroxylation is 2. The third-order valence-electron chi connectivity index (χ3n) is 6.13. The topological polar surface area (TPSA) is 202 Å². The Morgan fingerprint density at radius 1 is 0.929 bits per heavy atom. The van der Waals surface area contributed by atoms with Crippen LogP contribution < -0.4 is 5.32 Å². The molecule has 5 rings (SSSR count). The molecule has 0 fully saturated rings. The summed E-state index contributed by atoms with van der Waals surface area (Å²) in [5.41, 5.74) is 3.62. The first-order valence-corrected chi connectivity index (χ1v) is 12.6. The lowest BCUT2D eigenvalue weighted by atomic mass is 9.87. The minimum absolute atomic E-state index is 0.0556. The molecule has 0 saturated carbocycles. The van der Waals surface area contributed by atoms with Gasteiger partial charge in [0.25, 0.3) is 0 Å². The lowest BCUT2D eigenvalue weighted by Crippen LogP contribution is -2.25. The van der Waals surface area contributed by atoms with E-state index in [0.717, 1.165) is 0 Å². The highest BCUT2D eigenvalue weighted by Crippen LogP contribution is 2.40. The maximum absolute atomic E-state index is 11.9. The molecule has 4 N–H and O–H groups in total. The second kappa shape index (κ2) is 12.1. The molecule has 42 heavy (non-hydrogen) atoms. The predicted octanol–water partition coefficient (Wildman–Crippen LogP) is 1.21. The fraction of sp³-hybridized carbons (Fsp3) is 0.148. The van der Waals surface area contributed by atoms with E-state index in [0.29, 0.717) is 57.2 Å². The molecule has 0 saturated heterocycles. The van der Waals surface area contributed by atoms with Gasteiger partial charge in [-0.3, -0.25) is 4.79 Å². The highest BCUT2D eigenvalue weighted by Gasteiger charge is 2.20. The van der Waals surface area contributed by atoms with Crippen LogP contribution in [0.2, 0.25) is 0 Å². The molecule has 0 aliphatic heterocycles. The zero-order valence-corrected chi connectivity index (χ0v) is 22.5. The van der Waals surface area contributed by atoms with Gasteiger partial charge in [0.2, 0.25) is 5.91 Å². The molecular formula is C27H25N11O4. The summed E-state index contributed by atoms with van der Waals surface area (Å²) in [6, 6.07) is 9.80. The van der Waals surface area contributed by atoms with Gasteiger partial charge in [-0.05, 0) is 112 Å². The average Bonchev–Trinajstić information content (AvgIpc) is 3.60. The van der Waals surface area contributed by atoms with Crippen molar-refractivity contribution in [2.24, 2.45) is 10.2 Å². The fourth-order valence-corrected chi connectivity index (χ4v) is 4.13. The van der Waals surface area contributed by atoms with Crippen LogP contribution in [0.5, 0.6) is 11.5 Å². The Labute approximate surface area is 238 Å². The Balaban J connectivity index is 1.65. The van der Waals surface area contributed by atoms with Crippen LogP contribution in [0.1, 0.15) is 40.3 Å². The van der Waals surface area contributed by atoms with Crippen LogP contribution in [-0.2, 0) is 4.79 Å². The van der Waals surface area contributed by atoms with Crippen LogP contribution in [0.4, 0.5) is 0 Å². The SMILES string of the molecule is Cc1nnnn1/N=C/c1ccc(O)c(C(=C2C=C(NC(=O)CO)C=CC2)c2cc(/C=N/n3nnnc3C)ccc2O)c1. The summed E-state index contributed by atoms with van der Waals surface area (Å²) in [6.07, 6.45) is 8.75. The summed E-state index contributed by atoms with van der Waals surface area (Å²) in [4.78, 5) is 14.4. The van der Waals surface area contributed by atoms with Crippen LogP contribution in [0.15, 0.2) is 76.1 Å².